The molecule has 150 valence electrons. The second kappa shape index (κ2) is 7.85. The number of hydrogen-bond acceptors (Lipinski definition) is 5. The first-order chi connectivity index (χ1) is 13.5. The molecule has 3 heterocycles. The number of sulfonamides is 1. The lowest BCUT2D eigenvalue weighted by molar-refractivity contribution is -0.131. The Hall–Kier alpha value is -1.90. The van der Waals surface area contributed by atoms with Gasteiger partial charge in [0.1, 0.15) is 4.21 Å². The van der Waals surface area contributed by atoms with E-state index in [0.29, 0.717) is 43.0 Å². The summed E-state index contributed by atoms with van der Waals surface area (Å²) in [6, 6.07) is 12.0. The molecule has 4 rings (SSSR count). The molecule has 1 amide bonds. The van der Waals surface area contributed by atoms with Gasteiger partial charge in [-0.05, 0) is 42.8 Å². The number of carbonyl (C=O) groups is 1. The Morgan fingerprint density at radius 2 is 1.86 bits per heavy atom. The van der Waals surface area contributed by atoms with Crippen molar-refractivity contribution in [2.45, 2.75) is 30.0 Å². The van der Waals surface area contributed by atoms with Gasteiger partial charge in [-0.25, -0.2) is 8.42 Å². The first-order valence-electron chi connectivity index (χ1n) is 9.63. The van der Waals surface area contributed by atoms with E-state index in [9.17, 15) is 13.2 Å². The molecule has 28 heavy (non-hydrogen) atoms. The number of benzene rings is 1. The Morgan fingerprint density at radius 3 is 2.57 bits per heavy atom. The van der Waals surface area contributed by atoms with Crippen LogP contribution in [-0.2, 0) is 21.2 Å². The number of fused-ring (bicyclic) bond motifs is 1. The van der Waals surface area contributed by atoms with Crippen molar-refractivity contribution < 1.29 is 13.2 Å². The fourth-order valence-electron chi connectivity index (χ4n) is 3.96. The molecule has 6 nitrogen and oxygen atoms in total. The molecule has 1 saturated heterocycles. The molecular formula is C20H25N3O3S2. The Labute approximate surface area is 170 Å². The summed E-state index contributed by atoms with van der Waals surface area (Å²) in [5.74, 6) is 0.0664. The van der Waals surface area contributed by atoms with Gasteiger partial charge in [-0.2, -0.15) is 4.31 Å². The zero-order valence-corrected chi connectivity index (χ0v) is 17.6. The molecule has 0 bridgehead atoms. The normalized spacial score (nSPS) is 20.8. The molecule has 1 aromatic carbocycles. The largest absolute Gasteiger partial charge is 0.359 e. The molecular weight excluding hydrogens is 394 g/mol. The van der Waals surface area contributed by atoms with Crippen LogP contribution in [0, 0.1) is 0 Å². The molecule has 0 spiro atoms. The smallest absolute Gasteiger partial charge is 0.252 e. The quantitative estimate of drug-likeness (QED) is 0.764. The lowest BCUT2D eigenvalue weighted by atomic mass is 9.96. The molecule has 2 aliphatic heterocycles. The molecule has 0 saturated carbocycles. The lowest BCUT2D eigenvalue weighted by Crippen LogP contribution is -2.53. The van der Waals surface area contributed by atoms with Crippen LogP contribution in [0.25, 0.3) is 0 Å². The maximum absolute atomic E-state index is 12.9. The highest BCUT2D eigenvalue weighted by molar-refractivity contribution is 7.91. The molecule has 0 radical (unpaired) electrons. The second-order valence-electron chi connectivity index (χ2n) is 7.36. The number of piperazine rings is 1. The summed E-state index contributed by atoms with van der Waals surface area (Å²) in [6.45, 7) is 4.07. The third kappa shape index (κ3) is 3.68. The summed E-state index contributed by atoms with van der Waals surface area (Å²) in [7, 11) is -3.44. The summed E-state index contributed by atoms with van der Waals surface area (Å²) in [6.07, 6.45) is 2.08. The Morgan fingerprint density at radius 1 is 1.11 bits per heavy atom. The summed E-state index contributed by atoms with van der Waals surface area (Å²) in [4.78, 5) is 16.9. The molecule has 0 N–H and O–H groups in total. The van der Waals surface area contributed by atoms with Crippen LogP contribution in [0.15, 0.2) is 46.0 Å². The van der Waals surface area contributed by atoms with Gasteiger partial charge in [0.25, 0.3) is 10.0 Å². The van der Waals surface area contributed by atoms with Crippen LogP contribution in [-0.4, -0.2) is 62.3 Å². The van der Waals surface area contributed by atoms with Crippen molar-refractivity contribution in [1.29, 1.82) is 0 Å². The molecule has 2 aliphatic rings. The summed E-state index contributed by atoms with van der Waals surface area (Å²) in [5.41, 5.74) is 2.44. The van der Waals surface area contributed by atoms with Gasteiger partial charge in [0.05, 0.1) is 6.54 Å². The van der Waals surface area contributed by atoms with E-state index in [-0.39, 0.29) is 5.91 Å². The van der Waals surface area contributed by atoms with Crippen LogP contribution >= 0.6 is 11.3 Å². The first-order valence-corrected chi connectivity index (χ1v) is 11.9. The maximum Gasteiger partial charge on any atom is 0.252 e. The minimum atomic E-state index is -3.44. The summed E-state index contributed by atoms with van der Waals surface area (Å²) < 4.78 is 27.1. The fourth-order valence-corrected chi connectivity index (χ4v) is 6.53. The highest BCUT2D eigenvalue weighted by Crippen LogP contribution is 2.30. The Kier molecular flexibility index (Phi) is 5.44. The average Bonchev–Trinajstić information content (AvgIpc) is 3.26. The topological polar surface area (TPSA) is 60.9 Å². The number of aryl methyl sites for hydroxylation is 1. The highest BCUT2D eigenvalue weighted by Gasteiger charge is 2.32. The average molecular weight is 420 g/mol. The molecule has 0 aliphatic carbocycles. The van der Waals surface area contributed by atoms with Gasteiger partial charge >= 0.3 is 0 Å². The second-order valence-corrected chi connectivity index (χ2v) is 10.5. The zero-order chi connectivity index (χ0) is 19.7. The predicted molar refractivity (Wildman–Crippen MR) is 111 cm³/mol. The van der Waals surface area contributed by atoms with E-state index in [1.54, 1.807) is 22.4 Å². The van der Waals surface area contributed by atoms with E-state index >= 15 is 0 Å². The highest BCUT2D eigenvalue weighted by atomic mass is 32.2. The minimum Gasteiger partial charge on any atom is -0.359 e. The number of para-hydroxylation sites is 1. The number of carbonyl (C=O) groups excluding carboxylic acids is 1. The lowest BCUT2D eigenvalue weighted by Gasteiger charge is -2.39. The van der Waals surface area contributed by atoms with Gasteiger partial charge in [-0.3, -0.25) is 4.79 Å². The monoisotopic (exact) mass is 419 g/mol. The van der Waals surface area contributed by atoms with E-state index in [1.807, 2.05) is 12.1 Å². The molecule has 2 aromatic rings. The van der Waals surface area contributed by atoms with Gasteiger partial charge in [-0.15, -0.1) is 11.3 Å². The number of amides is 1. The van der Waals surface area contributed by atoms with Crippen molar-refractivity contribution in [1.82, 2.24) is 9.21 Å². The van der Waals surface area contributed by atoms with Crippen molar-refractivity contribution in [3.8, 4) is 0 Å². The maximum atomic E-state index is 12.9. The zero-order valence-electron chi connectivity index (χ0n) is 16.0. The van der Waals surface area contributed by atoms with Crippen LogP contribution in [0.1, 0.15) is 18.9 Å². The van der Waals surface area contributed by atoms with Crippen molar-refractivity contribution in [2.24, 2.45) is 0 Å². The Bertz CT molecular complexity index is 935. The first kappa shape index (κ1) is 19.4. The minimum absolute atomic E-state index is 0.0664. The van der Waals surface area contributed by atoms with Crippen LogP contribution < -0.4 is 4.90 Å². The fraction of sp³-hybridized carbons (Fsp3) is 0.450. The number of rotatable bonds is 4. The molecule has 1 unspecified atom stereocenters. The van der Waals surface area contributed by atoms with Crippen LogP contribution in [0.2, 0.25) is 0 Å². The third-order valence-corrected chi connectivity index (χ3v) is 8.92. The van der Waals surface area contributed by atoms with Crippen LogP contribution in [0.5, 0.6) is 0 Å². The standard InChI is InChI=1S/C20H25N3O3S2/c1-16-8-9-17-5-2-3-6-18(17)23(16)15-19(24)21-10-12-22(13-11-21)28(25,26)20-7-4-14-27-20/h2-7,14,16H,8-13,15H2,1H3. The Balaban J connectivity index is 1.40. The van der Waals surface area contributed by atoms with Crippen molar-refractivity contribution in [3.63, 3.8) is 0 Å². The number of thiophene rings is 1. The van der Waals surface area contributed by atoms with Gasteiger partial charge in [0.15, 0.2) is 0 Å². The van der Waals surface area contributed by atoms with Gasteiger partial charge in [0, 0.05) is 37.9 Å². The molecule has 1 aromatic heterocycles. The molecule has 8 heteroatoms. The van der Waals surface area contributed by atoms with E-state index in [4.69, 9.17) is 0 Å². The SMILES string of the molecule is CC1CCc2ccccc2N1CC(=O)N1CCN(S(=O)(=O)c2cccs2)CC1. The third-order valence-electron chi connectivity index (χ3n) is 5.65. The number of hydrogen-bond donors (Lipinski definition) is 0. The van der Waals surface area contributed by atoms with Gasteiger partial charge in [0.2, 0.25) is 5.91 Å². The van der Waals surface area contributed by atoms with Gasteiger partial charge < -0.3 is 9.80 Å². The van der Waals surface area contributed by atoms with E-state index in [1.165, 1.54) is 21.2 Å². The van der Waals surface area contributed by atoms with Gasteiger partial charge in [-0.1, -0.05) is 24.3 Å². The van der Waals surface area contributed by atoms with E-state index in [2.05, 4.69) is 24.0 Å². The number of nitrogens with zero attached hydrogens (tertiary/aromatic N) is 3. The van der Waals surface area contributed by atoms with Crippen LogP contribution in [0.3, 0.4) is 0 Å². The molecule has 1 atom stereocenters. The van der Waals surface area contributed by atoms with Crippen LogP contribution in [0.4, 0.5) is 5.69 Å². The predicted octanol–water partition coefficient (Wildman–Crippen LogP) is 2.42. The van der Waals surface area contributed by atoms with E-state index in [0.717, 1.165) is 18.5 Å². The molecule has 1 fully saturated rings. The summed E-state index contributed by atoms with van der Waals surface area (Å²) in [5, 5.41) is 1.77. The van der Waals surface area contributed by atoms with Crippen molar-refractivity contribution in [2.75, 3.05) is 37.6 Å². The van der Waals surface area contributed by atoms with Crippen molar-refractivity contribution in [3.05, 3.63) is 47.3 Å². The summed E-state index contributed by atoms with van der Waals surface area (Å²) >= 11 is 1.23. The van der Waals surface area contributed by atoms with Crippen molar-refractivity contribution >= 4 is 33.0 Å². The number of anilines is 1. The van der Waals surface area contributed by atoms with E-state index < -0.39 is 10.0 Å².